The number of carboxylic acids is 1. The monoisotopic (exact) mass is 265 g/mol. The van der Waals surface area contributed by atoms with Gasteiger partial charge in [-0.15, -0.1) is 0 Å². The number of rotatable bonds is 4. The number of nitrogens with zero attached hydrogens (tertiary/aromatic N) is 3. The first-order valence-corrected chi connectivity index (χ1v) is 6.57. The Kier molecular flexibility index (Phi) is 4.19. The Morgan fingerprint density at radius 3 is 2.89 bits per heavy atom. The van der Waals surface area contributed by atoms with Crippen LogP contribution in [0, 0.1) is 5.92 Å². The van der Waals surface area contributed by atoms with Crippen molar-refractivity contribution in [2.24, 2.45) is 5.92 Å². The Balaban J connectivity index is 1.97. The molecule has 19 heavy (non-hydrogen) atoms. The number of amides is 1. The van der Waals surface area contributed by atoms with E-state index in [2.05, 4.69) is 4.98 Å². The van der Waals surface area contributed by atoms with E-state index in [0.29, 0.717) is 19.5 Å². The van der Waals surface area contributed by atoms with Crippen LogP contribution < -0.4 is 0 Å². The van der Waals surface area contributed by atoms with Gasteiger partial charge in [0.05, 0.1) is 6.33 Å². The van der Waals surface area contributed by atoms with E-state index in [1.54, 1.807) is 18.7 Å². The Bertz CT molecular complexity index is 444. The van der Waals surface area contributed by atoms with E-state index in [1.165, 1.54) is 4.90 Å². The van der Waals surface area contributed by atoms with Crippen LogP contribution >= 0.6 is 0 Å². The molecule has 1 saturated heterocycles. The molecule has 6 heteroatoms. The van der Waals surface area contributed by atoms with Crippen molar-refractivity contribution in [1.82, 2.24) is 14.5 Å². The zero-order chi connectivity index (χ0) is 13.8. The molecule has 1 fully saturated rings. The van der Waals surface area contributed by atoms with Gasteiger partial charge < -0.3 is 14.6 Å². The number of aliphatic carboxylic acids is 1. The molecule has 2 heterocycles. The summed E-state index contributed by atoms with van der Waals surface area (Å²) in [5.41, 5.74) is 0. The highest BCUT2D eigenvalue weighted by atomic mass is 16.4. The summed E-state index contributed by atoms with van der Waals surface area (Å²) in [5, 5.41) is 9.27. The summed E-state index contributed by atoms with van der Waals surface area (Å²) in [6.07, 6.45) is 7.16. The molecule has 1 aliphatic rings. The van der Waals surface area contributed by atoms with Gasteiger partial charge in [-0.3, -0.25) is 4.79 Å². The van der Waals surface area contributed by atoms with E-state index >= 15 is 0 Å². The van der Waals surface area contributed by atoms with Crippen LogP contribution in [-0.2, 0) is 16.1 Å². The van der Waals surface area contributed by atoms with Crippen LogP contribution in [0.2, 0.25) is 0 Å². The van der Waals surface area contributed by atoms with Crippen molar-refractivity contribution in [2.45, 2.75) is 38.8 Å². The topological polar surface area (TPSA) is 75.4 Å². The highest BCUT2D eigenvalue weighted by Crippen LogP contribution is 2.24. The van der Waals surface area contributed by atoms with Gasteiger partial charge in [0.15, 0.2) is 0 Å². The molecule has 6 nitrogen and oxygen atoms in total. The highest BCUT2D eigenvalue weighted by molar-refractivity contribution is 5.84. The standard InChI is InChI=1S/C13H19N3O3/c1-10-3-2-6-16(12(10)13(18)19)11(17)4-7-15-8-5-14-9-15/h5,8-10,12H,2-4,6-7H2,1H3,(H,18,19). The van der Waals surface area contributed by atoms with Gasteiger partial charge in [0.2, 0.25) is 5.91 Å². The average Bonchev–Trinajstić information content (AvgIpc) is 2.88. The predicted molar refractivity (Wildman–Crippen MR) is 68.4 cm³/mol. The van der Waals surface area contributed by atoms with Gasteiger partial charge in [-0.05, 0) is 18.8 Å². The van der Waals surface area contributed by atoms with Gasteiger partial charge in [-0.1, -0.05) is 6.92 Å². The quantitative estimate of drug-likeness (QED) is 0.880. The minimum Gasteiger partial charge on any atom is -0.480 e. The molecule has 0 aliphatic carbocycles. The van der Waals surface area contributed by atoms with E-state index in [-0.39, 0.29) is 11.8 Å². The first-order chi connectivity index (χ1) is 9.09. The van der Waals surface area contributed by atoms with E-state index < -0.39 is 12.0 Å². The summed E-state index contributed by atoms with van der Waals surface area (Å²) >= 11 is 0. The largest absolute Gasteiger partial charge is 0.480 e. The van der Waals surface area contributed by atoms with Gasteiger partial charge >= 0.3 is 5.97 Å². The Morgan fingerprint density at radius 2 is 2.26 bits per heavy atom. The lowest BCUT2D eigenvalue weighted by Gasteiger charge is -2.37. The van der Waals surface area contributed by atoms with Crippen molar-refractivity contribution in [3.8, 4) is 0 Å². The number of likely N-dealkylation sites (tertiary alicyclic amines) is 1. The van der Waals surface area contributed by atoms with Gasteiger partial charge in [0.25, 0.3) is 0 Å². The molecule has 1 aromatic rings. The zero-order valence-electron chi connectivity index (χ0n) is 11.0. The molecule has 0 aromatic carbocycles. The molecule has 1 aliphatic heterocycles. The third kappa shape index (κ3) is 3.13. The Labute approximate surface area is 112 Å². The van der Waals surface area contributed by atoms with Crippen molar-refractivity contribution in [2.75, 3.05) is 6.54 Å². The normalized spacial score (nSPS) is 23.3. The molecule has 1 aromatic heterocycles. The molecule has 0 bridgehead atoms. The number of hydrogen-bond acceptors (Lipinski definition) is 3. The van der Waals surface area contributed by atoms with E-state index in [9.17, 15) is 14.7 Å². The zero-order valence-corrected chi connectivity index (χ0v) is 11.0. The van der Waals surface area contributed by atoms with E-state index in [4.69, 9.17) is 0 Å². The number of carboxylic acid groups (broad SMARTS) is 1. The highest BCUT2D eigenvalue weighted by Gasteiger charge is 2.36. The second kappa shape index (κ2) is 5.86. The van der Waals surface area contributed by atoms with Crippen LogP contribution in [0.1, 0.15) is 26.2 Å². The summed E-state index contributed by atoms with van der Waals surface area (Å²) in [7, 11) is 0. The maximum absolute atomic E-state index is 12.2. The summed E-state index contributed by atoms with van der Waals surface area (Å²) in [5.74, 6) is -0.973. The maximum atomic E-state index is 12.2. The van der Waals surface area contributed by atoms with Gasteiger partial charge in [-0.2, -0.15) is 0 Å². The molecular formula is C13H19N3O3. The smallest absolute Gasteiger partial charge is 0.326 e. The summed E-state index contributed by atoms with van der Waals surface area (Å²) in [4.78, 5) is 28.9. The minimum atomic E-state index is -0.900. The summed E-state index contributed by atoms with van der Waals surface area (Å²) in [6, 6.07) is -0.677. The van der Waals surface area contributed by atoms with Crippen LogP contribution in [-0.4, -0.2) is 44.0 Å². The number of imidazole rings is 1. The fraction of sp³-hybridized carbons (Fsp3) is 0.615. The number of aromatic nitrogens is 2. The van der Waals surface area contributed by atoms with Crippen molar-refractivity contribution in [3.63, 3.8) is 0 Å². The number of carbonyl (C=O) groups is 2. The first-order valence-electron chi connectivity index (χ1n) is 6.57. The molecule has 2 atom stereocenters. The van der Waals surface area contributed by atoms with Crippen LogP contribution in [0.15, 0.2) is 18.7 Å². The third-order valence-corrected chi connectivity index (χ3v) is 3.65. The lowest BCUT2D eigenvalue weighted by Crippen LogP contribution is -2.52. The second-order valence-electron chi connectivity index (χ2n) is 5.04. The fourth-order valence-electron chi connectivity index (χ4n) is 2.63. The molecule has 2 unspecified atom stereocenters. The van der Waals surface area contributed by atoms with Crippen LogP contribution in [0.3, 0.4) is 0 Å². The molecule has 2 rings (SSSR count). The SMILES string of the molecule is CC1CCCN(C(=O)CCn2ccnc2)C1C(=O)O. The molecule has 0 spiro atoms. The molecular weight excluding hydrogens is 246 g/mol. The lowest BCUT2D eigenvalue weighted by atomic mass is 9.90. The van der Waals surface area contributed by atoms with E-state index in [1.807, 2.05) is 11.5 Å². The molecule has 0 radical (unpaired) electrons. The van der Waals surface area contributed by atoms with Crippen molar-refractivity contribution in [1.29, 1.82) is 0 Å². The van der Waals surface area contributed by atoms with E-state index in [0.717, 1.165) is 12.8 Å². The maximum Gasteiger partial charge on any atom is 0.326 e. The van der Waals surface area contributed by atoms with Gasteiger partial charge in [0.1, 0.15) is 6.04 Å². The number of carbonyl (C=O) groups excluding carboxylic acids is 1. The van der Waals surface area contributed by atoms with Crippen LogP contribution in [0.25, 0.3) is 0 Å². The number of hydrogen-bond donors (Lipinski definition) is 1. The summed E-state index contributed by atoms with van der Waals surface area (Å²) in [6.45, 7) is 2.98. The Hall–Kier alpha value is -1.85. The molecule has 1 amide bonds. The van der Waals surface area contributed by atoms with Gasteiger partial charge in [0, 0.05) is 31.9 Å². The summed E-state index contributed by atoms with van der Waals surface area (Å²) < 4.78 is 1.82. The van der Waals surface area contributed by atoms with Crippen molar-refractivity contribution in [3.05, 3.63) is 18.7 Å². The third-order valence-electron chi connectivity index (χ3n) is 3.65. The average molecular weight is 265 g/mol. The Morgan fingerprint density at radius 1 is 1.47 bits per heavy atom. The fourth-order valence-corrected chi connectivity index (χ4v) is 2.63. The molecule has 104 valence electrons. The van der Waals surface area contributed by atoms with Crippen molar-refractivity contribution < 1.29 is 14.7 Å². The van der Waals surface area contributed by atoms with Crippen LogP contribution in [0.4, 0.5) is 0 Å². The minimum absolute atomic E-state index is 0.0171. The number of aryl methyl sites for hydroxylation is 1. The second-order valence-corrected chi connectivity index (χ2v) is 5.04. The lowest BCUT2D eigenvalue weighted by molar-refractivity contribution is -0.154. The number of piperidine rings is 1. The predicted octanol–water partition coefficient (Wildman–Crippen LogP) is 0.985. The van der Waals surface area contributed by atoms with Gasteiger partial charge in [-0.25, -0.2) is 9.78 Å². The van der Waals surface area contributed by atoms with Crippen LogP contribution in [0.5, 0.6) is 0 Å². The molecule has 0 saturated carbocycles. The molecule has 1 N–H and O–H groups in total. The van der Waals surface area contributed by atoms with Crippen molar-refractivity contribution >= 4 is 11.9 Å². The first kappa shape index (κ1) is 13.6.